The molecule has 5 unspecified atom stereocenters. The zero-order valence-corrected chi connectivity index (χ0v) is 41.5. The SMILES string of the molecule is CCCCCCC=CCCCCCCCCCC(=O)O[C@H](COC(=O)CCCCCCCCCC=CCCCCCCCC)COP(=O)(O)O[C@H]1C(O)C(O)C(O)[C@@H](OP(=O)(O)O)C1O. The van der Waals surface area contributed by atoms with E-state index in [1.807, 2.05) is 0 Å². The summed E-state index contributed by atoms with van der Waals surface area (Å²) in [5.41, 5.74) is 0. The Kier molecular flexibility index (Phi) is 36.3. The van der Waals surface area contributed by atoms with Crippen molar-refractivity contribution in [3.63, 3.8) is 0 Å². The molecule has 0 radical (unpaired) electrons. The zero-order chi connectivity index (χ0) is 48.2. The van der Waals surface area contributed by atoms with E-state index in [0.29, 0.717) is 12.8 Å². The standard InChI is InChI=1S/C47H88O16P2/c1-3-5-7-9-11-13-15-17-19-20-22-23-25-27-29-31-33-35-40(48)59-37-39(61-41(49)36-34-32-30-28-26-24-21-18-16-14-12-10-8-6-4-2)38-60-65(57,58)63-47-44(52)42(50)43(51)46(45(47)53)62-64(54,55)56/h14,16-17,19,39,42-47,50-53H,3-13,15,18,20-38H2,1-2H3,(H,57,58)(H2,54,55,56)/t39-,42?,43?,44?,45?,46-,47+/m1/s1. The third kappa shape index (κ3) is 32.8. The summed E-state index contributed by atoms with van der Waals surface area (Å²) in [6.45, 7) is 3.10. The average Bonchev–Trinajstić information content (AvgIpc) is 3.26. The molecule has 382 valence electrons. The molecule has 0 aliphatic heterocycles. The van der Waals surface area contributed by atoms with Crippen molar-refractivity contribution in [1.82, 2.24) is 0 Å². The Morgan fingerprint density at radius 1 is 0.477 bits per heavy atom. The maximum atomic E-state index is 13.0. The van der Waals surface area contributed by atoms with Gasteiger partial charge in [-0.15, -0.1) is 0 Å². The van der Waals surface area contributed by atoms with E-state index >= 15 is 0 Å². The summed E-state index contributed by atoms with van der Waals surface area (Å²) in [5, 5.41) is 41.3. The molecule has 1 fully saturated rings. The number of unbranched alkanes of at least 4 members (excludes halogenated alkanes) is 24. The maximum Gasteiger partial charge on any atom is 0.472 e. The quantitative estimate of drug-likeness (QED) is 0.0130. The predicted octanol–water partition coefficient (Wildman–Crippen LogP) is 9.73. The molecule has 65 heavy (non-hydrogen) atoms. The van der Waals surface area contributed by atoms with E-state index in [2.05, 4.69) is 42.7 Å². The van der Waals surface area contributed by atoms with Crippen molar-refractivity contribution < 1.29 is 76.9 Å². The van der Waals surface area contributed by atoms with E-state index in [1.165, 1.54) is 64.2 Å². The van der Waals surface area contributed by atoms with Gasteiger partial charge in [0.1, 0.15) is 43.2 Å². The summed E-state index contributed by atoms with van der Waals surface area (Å²) in [6, 6.07) is 0. The molecule has 0 bridgehead atoms. The van der Waals surface area contributed by atoms with Crippen LogP contribution in [0.5, 0.6) is 0 Å². The average molecular weight is 971 g/mol. The smallest absolute Gasteiger partial charge is 0.462 e. The fourth-order valence-electron chi connectivity index (χ4n) is 7.60. The molecule has 16 nitrogen and oxygen atoms in total. The largest absolute Gasteiger partial charge is 0.472 e. The van der Waals surface area contributed by atoms with Gasteiger partial charge in [-0.1, -0.05) is 154 Å². The number of aliphatic hydroxyl groups is 4. The van der Waals surface area contributed by atoms with Crippen LogP contribution in [0.2, 0.25) is 0 Å². The Morgan fingerprint density at radius 2 is 0.846 bits per heavy atom. The fraction of sp³-hybridized carbons (Fsp3) is 0.872. The molecule has 0 amide bonds. The van der Waals surface area contributed by atoms with Crippen LogP contribution >= 0.6 is 15.6 Å². The molecule has 0 aromatic carbocycles. The van der Waals surface area contributed by atoms with Crippen molar-refractivity contribution in [1.29, 1.82) is 0 Å². The number of hydrogen-bond donors (Lipinski definition) is 7. The molecular formula is C47H88O16P2. The highest BCUT2D eigenvalue weighted by Gasteiger charge is 2.54. The summed E-state index contributed by atoms with van der Waals surface area (Å²) in [4.78, 5) is 54.3. The molecule has 18 heteroatoms. The Bertz CT molecular complexity index is 1360. The molecular weight excluding hydrogens is 882 g/mol. The first-order valence-corrected chi connectivity index (χ1v) is 27.9. The molecule has 1 aliphatic rings. The third-order valence-corrected chi connectivity index (χ3v) is 13.0. The predicted molar refractivity (Wildman–Crippen MR) is 251 cm³/mol. The summed E-state index contributed by atoms with van der Waals surface area (Å²) in [6.07, 6.45) is 25.5. The van der Waals surface area contributed by atoms with Gasteiger partial charge in [-0.2, -0.15) is 0 Å². The van der Waals surface area contributed by atoms with E-state index in [9.17, 15) is 53.8 Å². The lowest BCUT2D eigenvalue weighted by Crippen LogP contribution is -2.64. The topological polar surface area (TPSA) is 256 Å². The van der Waals surface area contributed by atoms with E-state index < -0.39 is 83.5 Å². The Balaban J connectivity index is 2.56. The Labute approximate surface area is 390 Å². The minimum atomic E-state index is -5.36. The molecule has 1 aliphatic carbocycles. The van der Waals surface area contributed by atoms with Gasteiger partial charge in [0.25, 0.3) is 0 Å². The summed E-state index contributed by atoms with van der Waals surface area (Å²) in [7, 11) is -10.7. The van der Waals surface area contributed by atoms with E-state index in [-0.39, 0.29) is 12.8 Å². The van der Waals surface area contributed by atoms with Crippen molar-refractivity contribution in [3.8, 4) is 0 Å². The van der Waals surface area contributed by atoms with Crippen LogP contribution in [0, 0.1) is 0 Å². The summed E-state index contributed by atoms with van der Waals surface area (Å²) in [5.74, 6) is -1.21. The van der Waals surface area contributed by atoms with Gasteiger partial charge < -0.3 is 44.6 Å². The second kappa shape index (κ2) is 38.3. The number of hydrogen-bond acceptors (Lipinski definition) is 13. The second-order valence-corrected chi connectivity index (χ2v) is 20.1. The lowest BCUT2D eigenvalue weighted by molar-refractivity contribution is -0.216. The van der Waals surface area contributed by atoms with E-state index in [1.54, 1.807) is 0 Å². The number of phosphoric acid groups is 2. The molecule has 1 rings (SSSR count). The second-order valence-electron chi connectivity index (χ2n) is 17.5. The van der Waals surface area contributed by atoms with E-state index in [0.717, 1.165) is 103 Å². The van der Waals surface area contributed by atoms with Gasteiger partial charge in [0.05, 0.1) is 6.61 Å². The summed E-state index contributed by atoms with van der Waals surface area (Å²) < 4.78 is 49.4. The number of aliphatic hydroxyl groups excluding tert-OH is 4. The number of rotatable bonds is 42. The van der Waals surface area contributed by atoms with Gasteiger partial charge in [-0.25, -0.2) is 9.13 Å². The van der Waals surface area contributed by atoms with Crippen LogP contribution in [-0.2, 0) is 41.8 Å². The molecule has 1 saturated carbocycles. The first-order valence-electron chi connectivity index (χ1n) is 24.9. The lowest BCUT2D eigenvalue weighted by atomic mass is 9.85. The maximum absolute atomic E-state index is 13.0. The van der Waals surface area contributed by atoms with Gasteiger partial charge in [0, 0.05) is 12.8 Å². The van der Waals surface area contributed by atoms with Crippen molar-refractivity contribution in [2.75, 3.05) is 13.2 Å². The van der Waals surface area contributed by atoms with Crippen LogP contribution in [-0.4, -0.2) is 103 Å². The minimum Gasteiger partial charge on any atom is -0.462 e. The van der Waals surface area contributed by atoms with E-state index in [4.69, 9.17) is 18.5 Å². The number of ether oxygens (including phenoxy) is 2. The van der Waals surface area contributed by atoms with Gasteiger partial charge in [-0.3, -0.25) is 23.2 Å². The molecule has 0 spiro atoms. The first-order chi connectivity index (χ1) is 31.1. The van der Waals surface area contributed by atoms with Crippen LogP contribution < -0.4 is 0 Å². The number of allylic oxidation sites excluding steroid dienone is 4. The van der Waals surface area contributed by atoms with Crippen molar-refractivity contribution >= 4 is 27.6 Å². The molecule has 0 aromatic rings. The first kappa shape index (κ1) is 61.5. The van der Waals surface area contributed by atoms with Crippen LogP contribution in [0.15, 0.2) is 24.3 Å². The van der Waals surface area contributed by atoms with Gasteiger partial charge in [-0.05, 0) is 64.2 Å². The number of carbonyl (C=O) groups excluding carboxylic acids is 2. The zero-order valence-electron chi connectivity index (χ0n) is 39.7. The van der Waals surface area contributed by atoms with Gasteiger partial charge in [0.2, 0.25) is 0 Å². The molecule has 0 saturated heterocycles. The van der Waals surface area contributed by atoms with Crippen LogP contribution in [0.4, 0.5) is 0 Å². The fourth-order valence-corrected chi connectivity index (χ4v) is 9.14. The highest BCUT2D eigenvalue weighted by molar-refractivity contribution is 7.47. The highest BCUT2D eigenvalue weighted by Crippen LogP contribution is 2.49. The molecule has 0 aromatic heterocycles. The lowest BCUT2D eigenvalue weighted by Gasteiger charge is -2.43. The Morgan fingerprint density at radius 3 is 1.28 bits per heavy atom. The number of esters is 2. The summed E-state index contributed by atoms with van der Waals surface area (Å²) >= 11 is 0. The monoisotopic (exact) mass is 971 g/mol. The van der Waals surface area contributed by atoms with Crippen LogP contribution in [0.1, 0.15) is 206 Å². The highest BCUT2D eigenvalue weighted by atomic mass is 31.2. The van der Waals surface area contributed by atoms with Gasteiger partial charge in [0.15, 0.2) is 6.10 Å². The van der Waals surface area contributed by atoms with Crippen molar-refractivity contribution in [3.05, 3.63) is 24.3 Å². The molecule has 8 atom stereocenters. The normalized spacial score (nSPS) is 21.8. The van der Waals surface area contributed by atoms with Crippen molar-refractivity contribution in [2.24, 2.45) is 0 Å². The number of carbonyl (C=O) groups is 2. The van der Waals surface area contributed by atoms with Crippen molar-refractivity contribution in [2.45, 2.75) is 249 Å². The third-order valence-electron chi connectivity index (χ3n) is 11.5. The van der Waals surface area contributed by atoms with Gasteiger partial charge >= 0.3 is 27.6 Å². The molecule has 7 N–H and O–H groups in total. The molecule has 0 heterocycles. The number of phosphoric ester groups is 2. The Hall–Kier alpha value is -1.52. The minimum absolute atomic E-state index is 0.0401. The van der Waals surface area contributed by atoms with Crippen LogP contribution in [0.25, 0.3) is 0 Å². The van der Waals surface area contributed by atoms with Crippen LogP contribution in [0.3, 0.4) is 0 Å².